The SMILES string of the molecule is CN(C1CCCCC1)S(=O)(=O)c1cccc(C(=O)N2CCC(C(N)=O)CC2)c1. The Morgan fingerprint density at radius 3 is 2.32 bits per heavy atom. The molecule has 0 radical (unpaired) electrons. The predicted octanol–water partition coefficient (Wildman–Crippen LogP) is 1.98. The number of piperidine rings is 1. The summed E-state index contributed by atoms with van der Waals surface area (Å²) in [4.78, 5) is 25.9. The topological polar surface area (TPSA) is 101 Å². The number of hydrogen-bond acceptors (Lipinski definition) is 4. The molecule has 1 aliphatic heterocycles. The van der Waals surface area contributed by atoms with E-state index in [2.05, 4.69) is 0 Å². The molecule has 7 nitrogen and oxygen atoms in total. The van der Waals surface area contributed by atoms with Gasteiger partial charge in [0.05, 0.1) is 4.90 Å². The third-order valence-corrected chi connectivity index (χ3v) is 7.94. The van der Waals surface area contributed by atoms with Gasteiger partial charge in [0, 0.05) is 37.7 Å². The number of nitrogens with zero attached hydrogens (tertiary/aromatic N) is 2. The Bertz CT molecular complexity index is 826. The maximum atomic E-state index is 13.1. The van der Waals surface area contributed by atoms with Crippen molar-refractivity contribution in [2.75, 3.05) is 20.1 Å². The third-order valence-electron chi connectivity index (χ3n) is 6.03. The van der Waals surface area contributed by atoms with Crippen molar-refractivity contribution in [1.82, 2.24) is 9.21 Å². The van der Waals surface area contributed by atoms with Gasteiger partial charge in [0.1, 0.15) is 0 Å². The molecule has 2 aliphatic rings. The van der Waals surface area contributed by atoms with Crippen LogP contribution in [0.15, 0.2) is 29.2 Å². The molecule has 1 aromatic rings. The number of hydrogen-bond donors (Lipinski definition) is 1. The molecule has 1 aromatic carbocycles. The number of carbonyl (C=O) groups is 2. The smallest absolute Gasteiger partial charge is 0.253 e. The van der Waals surface area contributed by atoms with E-state index in [1.807, 2.05) is 0 Å². The molecule has 3 rings (SSSR count). The first kappa shape index (κ1) is 20.8. The average Bonchev–Trinajstić information content (AvgIpc) is 2.73. The minimum absolute atomic E-state index is 0.0194. The van der Waals surface area contributed by atoms with Crippen molar-refractivity contribution in [1.29, 1.82) is 0 Å². The molecular weight excluding hydrogens is 378 g/mol. The fourth-order valence-corrected chi connectivity index (χ4v) is 5.61. The minimum atomic E-state index is -3.64. The van der Waals surface area contributed by atoms with Gasteiger partial charge in [-0.2, -0.15) is 4.31 Å². The highest BCUT2D eigenvalue weighted by Gasteiger charge is 2.30. The van der Waals surface area contributed by atoms with E-state index in [0.717, 1.165) is 32.1 Å². The second-order valence-electron chi connectivity index (χ2n) is 7.81. The predicted molar refractivity (Wildman–Crippen MR) is 106 cm³/mol. The van der Waals surface area contributed by atoms with Crippen LogP contribution in [-0.2, 0) is 14.8 Å². The summed E-state index contributed by atoms with van der Waals surface area (Å²) in [5, 5.41) is 0. The number of sulfonamides is 1. The van der Waals surface area contributed by atoms with Gasteiger partial charge in [-0.15, -0.1) is 0 Å². The maximum Gasteiger partial charge on any atom is 0.253 e. The van der Waals surface area contributed by atoms with Crippen LogP contribution in [0, 0.1) is 5.92 Å². The van der Waals surface area contributed by atoms with Crippen molar-refractivity contribution in [2.45, 2.75) is 55.9 Å². The molecule has 154 valence electrons. The van der Waals surface area contributed by atoms with Crippen molar-refractivity contribution in [3.63, 3.8) is 0 Å². The Kier molecular flexibility index (Phi) is 6.40. The van der Waals surface area contributed by atoms with Crippen LogP contribution < -0.4 is 5.73 Å². The summed E-state index contributed by atoms with van der Waals surface area (Å²) in [6.45, 7) is 0.900. The second kappa shape index (κ2) is 8.61. The van der Waals surface area contributed by atoms with Crippen LogP contribution in [0.2, 0.25) is 0 Å². The molecule has 1 saturated carbocycles. The average molecular weight is 408 g/mol. The lowest BCUT2D eigenvalue weighted by Gasteiger charge is -2.31. The van der Waals surface area contributed by atoms with Crippen molar-refractivity contribution >= 4 is 21.8 Å². The zero-order chi connectivity index (χ0) is 20.3. The van der Waals surface area contributed by atoms with E-state index >= 15 is 0 Å². The molecule has 0 unspecified atom stereocenters. The van der Waals surface area contributed by atoms with Crippen LogP contribution in [0.5, 0.6) is 0 Å². The second-order valence-corrected chi connectivity index (χ2v) is 9.81. The molecule has 1 aliphatic carbocycles. The monoisotopic (exact) mass is 407 g/mol. The van der Waals surface area contributed by atoms with E-state index in [9.17, 15) is 18.0 Å². The van der Waals surface area contributed by atoms with Gasteiger partial charge >= 0.3 is 0 Å². The Labute approximate surface area is 166 Å². The van der Waals surface area contributed by atoms with Gasteiger partial charge in [0.2, 0.25) is 15.9 Å². The van der Waals surface area contributed by atoms with E-state index in [0.29, 0.717) is 31.5 Å². The quantitative estimate of drug-likeness (QED) is 0.806. The standard InChI is InChI=1S/C20H29N3O4S/c1-22(17-7-3-2-4-8-17)28(26,27)18-9-5-6-16(14-18)20(25)23-12-10-15(11-13-23)19(21)24/h5-6,9,14-15,17H,2-4,7-8,10-13H2,1H3,(H2,21,24). The van der Waals surface area contributed by atoms with E-state index < -0.39 is 10.0 Å². The van der Waals surface area contributed by atoms with Crippen molar-refractivity contribution in [2.24, 2.45) is 11.7 Å². The molecule has 1 heterocycles. The highest BCUT2D eigenvalue weighted by molar-refractivity contribution is 7.89. The summed E-state index contributed by atoms with van der Waals surface area (Å²) in [6, 6.07) is 6.29. The molecule has 8 heteroatoms. The van der Waals surface area contributed by atoms with Crippen LogP contribution >= 0.6 is 0 Å². The largest absolute Gasteiger partial charge is 0.369 e. The van der Waals surface area contributed by atoms with Gasteiger partial charge in [-0.25, -0.2) is 8.42 Å². The number of benzene rings is 1. The fourth-order valence-electron chi connectivity index (χ4n) is 4.15. The normalized spacial score (nSPS) is 19.7. The minimum Gasteiger partial charge on any atom is -0.369 e. The lowest BCUT2D eigenvalue weighted by Crippen LogP contribution is -2.42. The Morgan fingerprint density at radius 2 is 1.71 bits per heavy atom. The number of rotatable bonds is 5. The van der Waals surface area contributed by atoms with Gasteiger partial charge in [-0.05, 0) is 43.9 Å². The van der Waals surface area contributed by atoms with Gasteiger partial charge in [0.25, 0.3) is 5.91 Å². The molecule has 0 spiro atoms. The zero-order valence-electron chi connectivity index (χ0n) is 16.3. The van der Waals surface area contributed by atoms with Crippen LogP contribution in [0.3, 0.4) is 0 Å². The molecule has 0 atom stereocenters. The number of carbonyl (C=O) groups excluding carboxylic acids is 2. The van der Waals surface area contributed by atoms with Gasteiger partial charge in [-0.3, -0.25) is 9.59 Å². The lowest BCUT2D eigenvalue weighted by molar-refractivity contribution is -0.123. The van der Waals surface area contributed by atoms with Crippen molar-refractivity contribution < 1.29 is 18.0 Å². The van der Waals surface area contributed by atoms with E-state index in [-0.39, 0.29) is 28.7 Å². The van der Waals surface area contributed by atoms with Gasteiger partial charge in [0.15, 0.2) is 0 Å². The van der Waals surface area contributed by atoms with Crippen LogP contribution in [0.1, 0.15) is 55.3 Å². The Morgan fingerprint density at radius 1 is 1.07 bits per heavy atom. The lowest BCUT2D eigenvalue weighted by atomic mass is 9.96. The number of likely N-dealkylation sites (tertiary alicyclic amines) is 1. The number of nitrogens with two attached hydrogens (primary N) is 1. The molecule has 2 fully saturated rings. The Balaban J connectivity index is 1.74. The van der Waals surface area contributed by atoms with Crippen LogP contribution in [-0.4, -0.2) is 55.6 Å². The summed E-state index contributed by atoms with van der Waals surface area (Å²) in [7, 11) is -2.01. The van der Waals surface area contributed by atoms with E-state index in [1.54, 1.807) is 30.1 Å². The molecule has 2 amide bonds. The first-order valence-corrected chi connectivity index (χ1v) is 11.4. The fraction of sp³-hybridized carbons (Fsp3) is 0.600. The van der Waals surface area contributed by atoms with Crippen LogP contribution in [0.4, 0.5) is 0 Å². The maximum absolute atomic E-state index is 13.1. The first-order chi connectivity index (χ1) is 13.3. The highest BCUT2D eigenvalue weighted by atomic mass is 32.2. The summed E-state index contributed by atoms with van der Waals surface area (Å²) >= 11 is 0. The molecule has 1 saturated heterocycles. The number of primary amides is 1. The molecule has 0 aromatic heterocycles. The van der Waals surface area contributed by atoms with Gasteiger partial charge < -0.3 is 10.6 Å². The zero-order valence-corrected chi connectivity index (χ0v) is 17.2. The summed E-state index contributed by atoms with van der Waals surface area (Å²) in [5.41, 5.74) is 5.70. The number of amides is 2. The molecular formula is C20H29N3O4S. The van der Waals surface area contributed by atoms with Crippen molar-refractivity contribution in [3.8, 4) is 0 Å². The van der Waals surface area contributed by atoms with Gasteiger partial charge in [-0.1, -0.05) is 25.3 Å². The van der Waals surface area contributed by atoms with E-state index in [4.69, 9.17) is 5.73 Å². The summed E-state index contributed by atoms with van der Waals surface area (Å²) < 4.78 is 27.6. The van der Waals surface area contributed by atoms with Crippen molar-refractivity contribution in [3.05, 3.63) is 29.8 Å². The summed E-state index contributed by atoms with van der Waals surface area (Å²) in [5.74, 6) is -0.730. The van der Waals surface area contributed by atoms with E-state index in [1.165, 1.54) is 10.4 Å². The first-order valence-electron chi connectivity index (χ1n) is 9.97. The summed E-state index contributed by atoms with van der Waals surface area (Å²) in [6.07, 6.45) is 6.09. The Hall–Kier alpha value is -1.93. The van der Waals surface area contributed by atoms with Crippen LogP contribution in [0.25, 0.3) is 0 Å². The third kappa shape index (κ3) is 4.38. The highest BCUT2D eigenvalue weighted by Crippen LogP contribution is 2.27. The molecule has 2 N–H and O–H groups in total. The molecule has 28 heavy (non-hydrogen) atoms. The molecule has 0 bridgehead atoms.